The van der Waals surface area contributed by atoms with Crippen LogP contribution in [0.3, 0.4) is 0 Å². The lowest BCUT2D eigenvalue weighted by molar-refractivity contribution is -0.125. The van der Waals surface area contributed by atoms with E-state index in [0.717, 1.165) is 33.2 Å². The Hall–Kier alpha value is -2.65. The fourth-order valence-electron chi connectivity index (χ4n) is 2.92. The van der Waals surface area contributed by atoms with Crippen LogP contribution in [-0.4, -0.2) is 37.5 Å². The highest BCUT2D eigenvalue weighted by Crippen LogP contribution is 2.28. The Balaban J connectivity index is 1.45. The lowest BCUT2D eigenvalue weighted by Gasteiger charge is -2.13. The summed E-state index contributed by atoms with van der Waals surface area (Å²) in [6.07, 6.45) is 0. The van der Waals surface area contributed by atoms with Gasteiger partial charge in [-0.25, -0.2) is 0 Å². The fraction of sp³-hybridized carbons (Fsp3) is 0.222. The van der Waals surface area contributed by atoms with Gasteiger partial charge in [0.25, 0.3) is 11.1 Å². The highest BCUT2D eigenvalue weighted by atomic mass is 32.2. The van der Waals surface area contributed by atoms with E-state index in [1.165, 1.54) is 16.2 Å². The van der Waals surface area contributed by atoms with Crippen molar-refractivity contribution in [2.45, 2.75) is 13.5 Å². The third-order valence-corrected chi connectivity index (χ3v) is 6.37. The third-order valence-electron chi connectivity index (χ3n) is 4.31. The number of hydrogen-bond donors (Lipinski definition) is 1. The van der Waals surface area contributed by atoms with Crippen molar-refractivity contribution in [3.63, 3.8) is 0 Å². The summed E-state index contributed by atoms with van der Waals surface area (Å²) in [6.45, 7) is 2.17. The fourth-order valence-corrected chi connectivity index (χ4v) is 4.66. The second kappa shape index (κ2) is 6.82. The average Bonchev–Trinajstić information content (AvgIpc) is 3.29. The lowest BCUT2D eigenvalue weighted by Crippen LogP contribution is -2.27. The number of aryl methyl sites for hydroxylation is 2. The van der Waals surface area contributed by atoms with Crippen LogP contribution in [-0.2, 0) is 18.4 Å². The van der Waals surface area contributed by atoms with Crippen molar-refractivity contribution in [1.82, 2.24) is 14.7 Å². The molecule has 3 amide bonds. The zero-order chi connectivity index (χ0) is 19.1. The number of rotatable bonds is 4. The van der Waals surface area contributed by atoms with Crippen LogP contribution in [0.1, 0.15) is 20.9 Å². The zero-order valence-electron chi connectivity index (χ0n) is 14.7. The average molecular weight is 400 g/mol. The minimum Gasteiger partial charge on any atom is -0.321 e. The maximum Gasteiger partial charge on any atom is 0.289 e. The first-order chi connectivity index (χ1) is 12.9. The Bertz CT molecular complexity index is 1020. The van der Waals surface area contributed by atoms with Gasteiger partial charge in [0.2, 0.25) is 5.91 Å². The Labute approximate surface area is 163 Å². The second-order valence-corrected chi connectivity index (χ2v) is 8.18. The van der Waals surface area contributed by atoms with Crippen molar-refractivity contribution < 1.29 is 14.4 Å². The van der Waals surface area contributed by atoms with Gasteiger partial charge in [0.05, 0.1) is 22.9 Å². The molecule has 1 aliphatic heterocycles. The molecule has 2 aromatic heterocycles. The van der Waals surface area contributed by atoms with E-state index in [0.29, 0.717) is 10.6 Å². The summed E-state index contributed by atoms with van der Waals surface area (Å²) in [4.78, 5) is 38.7. The maximum atomic E-state index is 12.5. The Kier molecular flexibility index (Phi) is 4.48. The van der Waals surface area contributed by atoms with Crippen LogP contribution in [0.2, 0.25) is 0 Å². The highest BCUT2D eigenvalue weighted by Gasteiger charge is 2.29. The Morgan fingerprint density at radius 1 is 1.26 bits per heavy atom. The minimum absolute atomic E-state index is 0.170. The van der Waals surface area contributed by atoms with E-state index >= 15 is 0 Å². The van der Waals surface area contributed by atoms with E-state index in [4.69, 9.17) is 0 Å². The molecule has 1 N–H and O–H groups in total. The van der Waals surface area contributed by atoms with Crippen LogP contribution in [0.5, 0.6) is 0 Å². The van der Waals surface area contributed by atoms with Crippen molar-refractivity contribution in [2.24, 2.45) is 7.05 Å². The number of hydrogen-bond acceptors (Lipinski definition) is 6. The number of benzene rings is 1. The molecule has 0 radical (unpaired) electrons. The largest absolute Gasteiger partial charge is 0.321 e. The number of nitrogens with zero attached hydrogens (tertiary/aromatic N) is 3. The van der Waals surface area contributed by atoms with Crippen LogP contribution in [0, 0.1) is 6.92 Å². The van der Waals surface area contributed by atoms with Crippen LogP contribution in [0.15, 0.2) is 30.3 Å². The summed E-state index contributed by atoms with van der Waals surface area (Å²) in [5.41, 5.74) is 2.39. The number of fused-ring (bicyclic) bond motifs is 1. The number of amides is 3. The molecule has 3 aromatic rings. The molecule has 0 atom stereocenters. The molecule has 0 spiro atoms. The number of carbonyl (C=O) groups is 3. The first-order valence-electron chi connectivity index (χ1n) is 8.23. The van der Waals surface area contributed by atoms with Crippen molar-refractivity contribution >= 4 is 56.1 Å². The molecule has 1 aliphatic rings. The second-order valence-electron chi connectivity index (χ2n) is 6.22. The molecule has 4 rings (SSSR count). The van der Waals surface area contributed by atoms with E-state index in [1.54, 1.807) is 28.9 Å². The molecule has 1 saturated heterocycles. The van der Waals surface area contributed by atoms with Crippen molar-refractivity contribution in [3.05, 3.63) is 46.5 Å². The number of anilines is 1. The molecule has 9 heteroatoms. The predicted molar refractivity (Wildman–Crippen MR) is 106 cm³/mol. The lowest BCUT2D eigenvalue weighted by atomic mass is 10.2. The first-order valence-corrected chi connectivity index (χ1v) is 10.0. The van der Waals surface area contributed by atoms with Crippen LogP contribution in [0.25, 0.3) is 10.2 Å². The van der Waals surface area contributed by atoms with Gasteiger partial charge < -0.3 is 5.32 Å². The van der Waals surface area contributed by atoms with Crippen LogP contribution >= 0.6 is 23.1 Å². The summed E-state index contributed by atoms with van der Waals surface area (Å²) < 4.78 is 1.78. The maximum absolute atomic E-state index is 12.5. The highest BCUT2D eigenvalue weighted by molar-refractivity contribution is 8.14. The smallest absolute Gasteiger partial charge is 0.289 e. The normalized spacial score (nSPS) is 14.4. The quantitative estimate of drug-likeness (QED) is 0.726. The van der Waals surface area contributed by atoms with Gasteiger partial charge in [-0.05, 0) is 30.7 Å². The van der Waals surface area contributed by atoms with Gasteiger partial charge in [-0.2, -0.15) is 5.10 Å². The summed E-state index contributed by atoms with van der Waals surface area (Å²) >= 11 is 2.42. The summed E-state index contributed by atoms with van der Waals surface area (Å²) in [7, 11) is 1.86. The third kappa shape index (κ3) is 3.35. The van der Waals surface area contributed by atoms with Gasteiger partial charge in [-0.1, -0.05) is 23.9 Å². The number of carbonyl (C=O) groups excluding carboxylic acids is 3. The molecule has 7 nitrogen and oxygen atoms in total. The standard InChI is InChI=1S/C18H16N4O3S2/c1-10-13-7-14(27-17(13)21(2)20-10)16(24)19-12-5-3-11(4-6-12)8-22-15(23)9-26-18(22)25/h3-7H,8-9H2,1-2H3,(H,19,24). The van der Waals surface area contributed by atoms with Gasteiger partial charge in [0.1, 0.15) is 4.83 Å². The molecule has 0 saturated carbocycles. The molecule has 0 bridgehead atoms. The minimum atomic E-state index is -0.216. The van der Waals surface area contributed by atoms with Gasteiger partial charge in [-0.15, -0.1) is 11.3 Å². The van der Waals surface area contributed by atoms with Crippen LogP contribution < -0.4 is 5.32 Å². The number of thiophene rings is 1. The molecule has 1 fully saturated rings. The molecular formula is C18H16N4O3S2. The van der Waals surface area contributed by atoms with Gasteiger partial charge in [0.15, 0.2) is 0 Å². The van der Waals surface area contributed by atoms with E-state index in [1.807, 2.05) is 20.0 Å². The summed E-state index contributed by atoms with van der Waals surface area (Å²) in [5.74, 6) is -0.140. The Morgan fingerprint density at radius 2 is 2.00 bits per heavy atom. The van der Waals surface area contributed by atoms with Gasteiger partial charge in [-0.3, -0.25) is 24.0 Å². The molecule has 1 aromatic carbocycles. The summed E-state index contributed by atoms with van der Waals surface area (Å²) in [6, 6.07) is 9.00. The first kappa shape index (κ1) is 17.7. The molecule has 27 heavy (non-hydrogen) atoms. The van der Waals surface area contributed by atoms with E-state index < -0.39 is 0 Å². The van der Waals surface area contributed by atoms with E-state index in [2.05, 4.69) is 10.4 Å². The number of aromatic nitrogens is 2. The molecule has 3 heterocycles. The van der Waals surface area contributed by atoms with Crippen molar-refractivity contribution in [2.75, 3.05) is 11.1 Å². The van der Waals surface area contributed by atoms with Crippen LogP contribution in [0.4, 0.5) is 10.5 Å². The van der Waals surface area contributed by atoms with Crippen molar-refractivity contribution in [1.29, 1.82) is 0 Å². The predicted octanol–water partition coefficient (Wildman–Crippen LogP) is 3.39. The molecule has 0 unspecified atom stereocenters. The summed E-state index contributed by atoms with van der Waals surface area (Å²) in [5, 5.41) is 7.99. The number of nitrogens with one attached hydrogen (secondary N) is 1. The zero-order valence-corrected chi connectivity index (χ0v) is 16.3. The topological polar surface area (TPSA) is 84.3 Å². The van der Waals surface area contributed by atoms with Crippen molar-refractivity contribution in [3.8, 4) is 0 Å². The number of thioether (sulfide) groups is 1. The van der Waals surface area contributed by atoms with Gasteiger partial charge >= 0.3 is 0 Å². The monoisotopic (exact) mass is 400 g/mol. The SMILES string of the molecule is Cc1nn(C)c2sc(C(=O)Nc3ccc(CN4C(=O)CSC4=O)cc3)cc12. The van der Waals surface area contributed by atoms with Gasteiger partial charge in [0, 0.05) is 18.1 Å². The van der Waals surface area contributed by atoms with E-state index in [-0.39, 0.29) is 29.4 Å². The molecule has 0 aliphatic carbocycles. The number of imide groups is 1. The molecule has 138 valence electrons. The van der Waals surface area contributed by atoms with E-state index in [9.17, 15) is 14.4 Å². The Morgan fingerprint density at radius 3 is 2.63 bits per heavy atom. The molecular weight excluding hydrogens is 384 g/mol.